The number of carboxylic acid groups (broad SMARTS) is 1. The normalized spacial score (nSPS) is 30.2. The lowest BCUT2D eigenvalue weighted by molar-refractivity contribution is -0.163. The summed E-state index contributed by atoms with van der Waals surface area (Å²) in [6.07, 6.45) is 5.22. The number of aliphatic carboxylic acids is 1. The van der Waals surface area contributed by atoms with E-state index in [-0.39, 0.29) is 29.3 Å². The maximum Gasteiger partial charge on any atom is 0.401 e. The molecule has 51 heavy (non-hydrogen) atoms. The first-order valence-electron chi connectivity index (χ1n) is 18.3. The number of piperidine rings is 1. The van der Waals surface area contributed by atoms with E-state index in [2.05, 4.69) is 15.3 Å². The van der Waals surface area contributed by atoms with Crippen molar-refractivity contribution in [2.75, 3.05) is 31.1 Å². The van der Waals surface area contributed by atoms with Crippen molar-refractivity contribution in [2.45, 2.75) is 107 Å². The van der Waals surface area contributed by atoms with Gasteiger partial charge in [0.15, 0.2) is 0 Å². The maximum absolute atomic E-state index is 15.4. The second kappa shape index (κ2) is 12.3. The molecule has 0 unspecified atom stereocenters. The number of likely N-dealkylation sites (tertiary alicyclic amines) is 1. The number of nitrogens with one attached hydrogen (secondary N) is 1. The Balaban J connectivity index is 1.06. The van der Waals surface area contributed by atoms with Crippen LogP contribution in [0, 0.1) is 23.7 Å². The van der Waals surface area contributed by atoms with Crippen molar-refractivity contribution in [2.24, 2.45) is 23.7 Å². The largest absolute Gasteiger partial charge is 0.490 e. The highest BCUT2D eigenvalue weighted by atomic mass is 19.4. The number of hydrogen-bond donors (Lipinski definition) is 2. The highest BCUT2D eigenvalue weighted by Crippen LogP contribution is 2.59. The number of hydrogen-bond acceptors (Lipinski definition) is 7. The SMILES string of the molecule is CC(F)(F)c1nc(N2CC3(CCCC3)c3cc(OC4CCN(CC(F)(F)F)CC4)ccc32)ncc1C(=O)NC1(C(=O)O)C2CC3CC(C2)CC1C3. The fourth-order valence-corrected chi connectivity index (χ4v) is 10.8. The van der Waals surface area contributed by atoms with Crippen molar-refractivity contribution in [3.63, 3.8) is 0 Å². The average Bonchev–Trinajstić information content (AvgIpc) is 3.66. The minimum Gasteiger partial charge on any atom is -0.490 e. The zero-order chi connectivity index (χ0) is 35.9. The van der Waals surface area contributed by atoms with E-state index < -0.39 is 47.3 Å². The topological polar surface area (TPSA) is 108 Å². The Morgan fingerprint density at radius 1 is 1.00 bits per heavy atom. The van der Waals surface area contributed by atoms with Gasteiger partial charge in [-0.1, -0.05) is 12.8 Å². The molecule has 276 valence electrons. The van der Waals surface area contributed by atoms with E-state index in [1.807, 2.05) is 17.0 Å². The number of anilines is 2. The van der Waals surface area contributed by atoms with Gasteiger partial charge in [-0.2, -0.15) is 22.0 Å². The average molecular weight is 718 g/mol. The Hall–Kier alpha value is -3.55. The van der Waals surface area contributed by atoms with E-state index in [1.54, 1.807) is 6.07 Å². The van der Waals surface area contributed by atoms with E-state index in [9.17, 15) is 27.9 Å². The van der Waals surface area contributed by atoms with Crippen molar-refractivity contribution in [1.29, 1.82) is 0 Å². The Kier molecular flexibility index (Phi) is 8.30. The van der Waals surface area contributed by atoms with Crippen molar-refractivity contribution >= 4 is 23.5 Å². The molecular weight excluding hydrogens is 673 g/mol. The van der Waals surface area contributed by atoms with Crippen LogP contribution in [0.2, 0.25) is 0 Å². The zero-order valence-corrected chi connectivity index (χ0v) is 28.7. The molecule has 2 N–H and O–H groups in total. The monoisotopic (exact) mass is 717 g/mol. The van der Waals surface area contributed by atoms with Crippen LogP contribution in [0.4, 0.5) is 33.6 Å². The molecule has 9 rings (SSSR count). The van der Waals surface area contributed by atoms with Crippen molar-refractivity contribution < 1.29 is 41.4 Å². The van der Waals surface area contributed by atoms with Gasteiger partial charge in [0.25, 0.3) is 11.8 Å². The molecule has 1 amide bonds. The lowest BCUT2D eigenvalue weighted by Crippen LogP contribution is -2.70. The summed E-state index contributed by atoms with van der Waals surface area (Å²) in [5.74, 6) is -4.51. The predicted molar refractivity (Wildman–Crippen MR) is 176 cm³/mol. The van der Waals surface area contributed by atoms with Crippen LogP contribution in [0.25, 0.3) is 0 Å². The molecule has 9 nitrogen and oxygen atoms in total. The van der Waals surface area contributed by atoms with E-state index in [0.717, 1.165) is 49.6 Å². The molecule has 2 aromatic rings. The Labute approximate surface area is 293 Å². The number of ether oxygens (including phenoxy) is 1. The number of aromatic nitrogens is 2. The van der Waals surface area contributed by atoms with E-state index in [0.29, 0.717) is 82.7 Å². The molecule has 2 aliphatic heterocycles. The van der Waals surface area contributed by atoms with E-state index >= 15 is 8.78 Å². The third kappa shape index (κ3) is 6.12. The number of carbonyl (C=O) groups excluding carboxylic acids is 1. The molecule has 5 aliphatic carbocycles. The number of carbonyl (C=O) groups is 2. The third-order valence-corrected chi connectivity index (χ3v) is 12.9. The summed E-state index contributed by atoms with van der Waals surface area (Å²) < 4.78 is 75.6. The van der Waals surface area contributed by atoms with Crippen LogP contribution in [0.3, 0.4) is 0 Å². The summed E-state index contributed by atoms with van der Waals surface area (Å²) >= 11 is 0. The van der Waals surface area contributed by atoms with Gasteiger partial charge in [-0.3, -0.25) is 9.69 Å². The summed E-state index contributed by atoms with van der Waals surface area (Å²) in [4.78, 5) is 38.7. The van der Waals surface area contributed by atoms with Crippen LogP contribution in [0.5, 0.6) is 5.75 Å². The summed E-state index contributed by atoms with van der Waals surface area (Å²) in [6.45, 7) is 0.792. The summed E-state index contributed by atoms with van der Waals surface area (Å²) in [5, 5.41) is 13.3. The summed E-state index contributed by atoms with van der Waals surface area (Å²) in [6, 6.07) is 5.61. The third-order valence-electron chi connectivity index (χ3n) is 12.9. The van der Waals surface area contributed by atoms with Gasteiger partial charge in [0.05, 0.1) is 12.1 Å². The molecule has 1 spiro atoms. The molecule has 4 bridgehead atoms. The predicted octanol–water partition coefficient (Wildman–Crippen LogP) is 6.97. The number of amides is 1. The number of carboxylic acids is 1. The summed E-state index contributed by atoms with van der Waals surface area (Å²) in [5.41, 5.74) is -1.23. The molecule has 0 radical (unpaired) electrons. The first kappa shape index (κ1) is 34.5. The number of nitrogens with zero attached hydrogens (tertiary/aromatic N) is 4. The molecule has 1 aromatic carbocycles. The molecule has 6 fully saturated rings. The standard InChI is InChI=1S/C37H44F5N5O4/c1-34(38,39)30-27(31(48)45-37(32(49)50)23-13-21-12-22(15-23)16-24(37)14-21)18-43-33(44-30)47-19-35(8-2-3-9-35)28-17-26(4-5-29(28)47)51-25-6-10-46(11-7-25)20-36(40,41)42/h4-5,17-18,21-25H,2-3,6-16,19-20H2,1H3,(H,45,48)(H,49,50). The fraction of sp³-hybridized carbons (Fsp3) is 0.676. The van der Waals surface area contributed by atoms with Gasteiger partial charge in [-0.05, 0) is 105 Å². The van der Waals surface area contributed by atoms with Crippen LogP contribution in [-0.2, 0) is 16.1 Å². The van der Waals surface area contributed by atoms with Crippen LogP contribution in [0.1, 0.15) is 99.2 Å². The summed E-state index contributed by atoms with van der Waals surface area (Å²) in [7, 11) is 0. The molecular formula is C37H44F5N5O4. The number of halogens is 5. The van der Waals surface area contributed by atoms with Gasteiger partial charge >= 0.3 is 12.1 Å². The van der Waals surface area contributed by atoms with Gasteiger partial charge in [-0.25, -0.2) is 14.8 Å². The number of alkyl halides is 5. The quantitative estimate of drug-likeness (QED) is 0.282. The van der Waals surface area contributed by atoms with Crippen LogP contribution in [0.15, 0.2) is 24.4 Å². The van der Waals surface area contributed by atoms with Gasteiger partial charge in [0.2, 0.25) is 5.95 Å². The van der Waals surface area contributed by atoms with Crippen LogP contribution in [-0.4, -0.2) is 75.8 Å². The lowest BCUT2D eigenvalue weighted by Gasteiger charge is -2.59. The van der Waals surface area contributed by atoms with Gasteiger partial charge in [0.1, 0.15) is 23.1 Å². The van der Waals surface area contributed by atoms with Crippen LogP contribution >= 0.6 is 0 Å². The first-order chi connectivity index (χ1) is 24.1. The Morgan fingerprint density at radius 2 is 1.65 bits per heavy atom. The van der Waals surface area contributed by atoms with Crippen molar-refractivity contribution in [3.8, 4) is 5.75 Å². The minimum atomic E-state index is -4.24. The molecule has 7 aliphatic rings. The molecule has 3 heterocycles. The highest BCUT2D eigenvalue weighted by molar-refractivity contribution is 5.99. The molecule has 1 aromatic heterocycles. The van der Waals surface area contributed by atoms with E-state index in [4.69, 9.17) is 4.74 Å². The van der Waals surface area contributed by atoms with Crippen LogP contribution < -0.4 is 15.0 Å². The molecule has 5 saturated carbocycles. The number of benzene rings is 1. The van der Waals surface area contributed by atoms with E-state index in [1.165, 1.54) is 4.90 Å². The smallest absolute Gasteiger partial charge is 0.401 e. The van der Waals surface area contributed by atoms with Crippen molar-refractivity contribution in [3.05, 3.63) is 41.2 Å². The Morgan fingerprint density at radius 3 is 2.24 bits per heavy atom. The molecule has 0 atom stereocenters. The Bertz CT molecular complexity index is 1670. The van der Waals surface area contributed by atoms with Gasteiger partial charge in [0, 0.05) is 43.9 Å². The number of fused-ring (bicyclic) bond motifs is 2. The van der Waals surface area contributed by atoms with Crippen molar-refractivity contribution in [1.82, 2.24) is 20.2 Å². The second-order valence-corrected chi connectivity index (χ2v) is 16.2. The zero-order valence-electron chi connectivity index (χ0n) is 28.7. The first-order valence-corrected chi connectivity index (χ1v) is 18.3. The van der Waals surface area contributed by atoms with Gasteiger partial charge in [-0.15, -0.1) is 0 Å². The number of rotatable bonds is 8. The highest BCUT2D eigenvalue weighted by Gasteiger charge is 2.62. The lowest BCUT2D eigenvalue weighted by atomic mass is 9.48. The molecule has 14 heteroatoms. The maximum atomic E-state index is 15.4. The second-order valence-electron chi connectivity index (χ2n) is 16.2. The molecule has 1 saturated heterocycles. The minimum absolute atomic E-state index is 0.0291. The van der Waals surface area contributed by atoms with Gasteiger partial charge < -0.3 is 20.1 Å². The fourth-order valence-electron chi connectivity index (χ4n) is 10.8.